The molecule has 12 rings (SSSR count). The van der Waals surface area contributed by atoms with E-state index >= 15 is 0 Å². The molecule has 0 amide bonds. The lowest BCUT2D eigenvalue weighted by molar-refractivity contribution is 0.665. The third-order valence-electron chi connectivity index (χ3n) is 12.3. The Balaban J connectivity index is 1.08. The molecule has 3 aromatic heterocycles. The van der Waals surface area contributed by atoms with Crippen molar-refractivity contribution in [3.05, 3.63) is 192 Å². The zero-order chi connectivity index (χ0) is 37.5. The molecule has 0 atom stereocenters. The number of benzene rings is 7. The summed E-state index contributed by atoms with van der Waals surface area (Å²) in [6, 6.07) is 57.6. The first-order chi connectivity index (χ1) is 28.3. The fourth-order valence-electron chi connectivity index (χ4n) is 9.65. The van der Waals surface area contributed by atoms with Crippen molar-refractivity contribution in [1.29, 1.82) is 0 Å². The van der Waals surface area contributed by atoms with E-state index in [0.717, 1.165) is 53.3 Å². The van der Waals surface area contributed by atoms with Crippen LogP contribution in [0.2, 0.25) is 0 Å². The molecule has 3 nitrogen and oxygen atoms in total. The number of nitrogens with zero attached hydrogens (tertiary/aromatic N) is 2. The zero-order valence-corrected chi connectivity index (χ0v) is 31.5. The molecule has 7 aromatic carbocycles. The predicted molar refractivity (Wildman–Crippen MR) is 238 cm³/mol. The highest BCUT2D eigenvalue weighted by Crippen LogP contribution is 2.43. The molecular formula is C54H38N2O. The maximum absolute atomic E-state index is 6.78. The minimum absolute atomic E-state index is 0.912. The van der Waals surface area contributed by atoms with E-state index in [1.165, 1.54) is 83.4 Å². The molecule has 0 aliphatic heterocycles. The average Bonchev–Trinajstić information content (AvgIpc) is 3.94. The third kappa shape index (κ3) is 4.98. The molecular weight excluding hydrogens is 693 g/mol. The van der Waals surface area contributed by atoms with Gasteiger partial charge in [0.25, 0.3) is 0 Å². The molecule has 10 aromatic rings. The van der Waals surface area contributed by atoms with Crippen molar-refractivity contribution in [3.63, 3.8) is 0 Å². The lowest BCUT2D eigenvalue weighted by Gasteiger charge is -2.16. The van der Waals surface area contributed by atoms with Gasteiger partial charge < -0.3 is 13.6 Å². The number of allylic oxidation sites excluding steroid dienone is 2. The molecule has 0 saturated heterocycles. The maximum Gasteiger partial charge on any atom is 0.159 e. The lowest BCUT2D eigenvalue weighted by atomic mass is 9.97. The van der Waals surface area contributed by atoms with Gasteiger partial charge in [-0.2, -0.15) is 0 Å². The molecule has 3 heteroatoms. The van der Waals surface area contributed by atoms with Crippen LogP contribution < -0.4 is 0 Å². The monoisotopic (exact) mass is 730 g/mol. The number of para-hydroxylation sites is 2. The number of aryl methyl sites for hydroxylation is 1. The Morgan fingerprint density at radius 3 is 2.05 bits per heavy atom. The molecule has 0 spiro atoms. The van der Waals surface area contributed by atoms with E-state index in [9.17, 15) is 0 Å². The SMILES string of the molecule is C1=Cc2c(c3cc(-c4ccc5c6c(n(-c7cc(-c8ccccc8)cc8c7oc7ccccc78)c5c4)CCC=C6)ccc3n2-c2ccccc2-c2ccccc2)CC1. The Kier molecular flexibility index (Phi) is 7.18. The molecule has 2 aliphatic carbocycles. The molecule has 0 unspecified atom stereocenters. The quantitative estimate of drug-likeness (QED) is 0.173. The van der Waals surface area contributed by atoms with Crippen molar-refractivity contribution < 1.29 is 4.42 Å². The molecule has 0 bridgehead atoms. The topological polar surface area (TPSA) is 23.0 Å². The maximum atomic E-state index is 6.78. The van der Waals surface area contributed by atoms with Gasteiger partial charge in [-0.1, -0.05) is 133 Å². The summed E-state index contributed by atoms with van der Waals surface area (Å²) in [7, 11) is 0. The van der Waals surface area contributed by atoms with Gasteiger partial charge in [0, 0.05) is 44.1 Å². The van der Waals surface area contributed by atoms with Gasteiger partial charge >= 0.3 is 0 Å². The van der Waals surface area contributed by atoms with Crippen molar-refractivity contribution in [2.45, 2.75) is 25.7 Å². The van der Waals surface area contributed by atoms with Crippen LogP contribution in [0.25, 0.3) is 101 Å². The van der Waals surface area contributed by atoms with Crippen LogP contribution >= 0.6 is 0 Å². The van der Waals surface area contributed by atoms with E-state index in [-0.39, 0.29) is 0 Å². The molecule has 57 heavy (non-hydrogen) atoms. The Labute approximate surface area is 331 Å². The van der Waals surface area contributed by atoms with Gasteiger partial charge in [0.2, 0.25) is 0 Å². The molecule has 2 aliphatic rings. The number of hydrogen-bond acceptors (Lipinski definition) is 1. The van der Waals surface area contributed by atoms with Crippen LogP contribution in [0.1, 0.15) is 35.4 Å². The fraction of sp³-hybridized carbons (Fsp3) is 0.0741. The van der Waals surface area contributed by atoms with E-state index < -0.39 is 0 Å². The van der Waals surface area contributed by atoms with Gasteiger partial charge in [-0.3, -0.25) is 0 Å². The van der Waals surface area contributed by atoms with E-state index in [4.69, 9.17) is 4.42 Å². The summed E-state index contributed by atoms with van der Waals surface area (Å²) in [5, 5.41) is 4.88. The van der Waals surface area contributed by atoms with E-state index in [2.05, 4.69) is 191 Å². The highest BCUT2D eigenvalue weighted by molar-refractivity contribution is 6.10. The van der Waals surface area contributed by atoms with Gasteiger partial charge in [0.15, 0.2) is 5.58 Å². The van der Waals surface area contributed by atoms with Crippen LogP contribution in [0.15, 0.2) is 174 Å². The van der Waals surface area contributed by atoms with Crippen LogP contribution in [0.3, 0.4) is 0 Å². The second kappa shape index (κ2) is 12.7. The standard InChI is InChI=1S/C54H38N2O/c1-3-15-35(16-4-1)39-32-46-44-22-10-14-26-53(44)57-54(46)52(34-39)56-48-24-12-8-20-41(48)43-29-27-38(33-51(43)56)37-28-30-50-45(31-37)42-21-9-13-25-49(42)55(50)47-23-11-7-19-40(47)36-17-5-2-6-18-36/h1-8,10-11,13-20,22-23,25-34H,9,12,21,24H2. The molecule has 0 radical (unpaired) electrons. The number of furan rings is 1. The summed E-state index contributed by atoms with van der Waals surface area (Å²) >= 11 is 0. The van der Waals surface area contributed by atoms with Crippen molar-refractivity contribution in [2.24, 2.45) is 0 Å². The fourth-order valence-corrected chi connectivity index (χ4v) is 9.65. The van der Waals surface area contributed by atoms with Crippen LogP contribution in [0.4, 0.5) is 0 Å². The number of rotatable bonds is 5. The van der Waals surface area contributed by atoms with Crippen LogP contribution in [-0.2, 0) is 12.8 Å². The van der Waals surface area contributed by atoms with E-state index in [1.807, 2.05) is 0 Å². The van der Waals surface area contributed by atoms with Gasteiger partial charge in [-0.05, 0) is 108 Å². The summed E-state index contributed by atoms with van der Waals surface area (Å²) in [4.78, 5) is 0. The summed E-state index contributed by atoms with van der Waals surface area (Å²) in [5.41, 5.74) is 19.2. The number of aromatic nitrogens is 2. The smallest absolute Gasteiger partial charge is 0.159 e. The molecule has 0 fully saturated rings. The average molecular weight is 731 g/mol. The Morgan fingerprint density at radius 1 is 0.439 bits per heavy atom. The largest absolute Gasteiger partial charge is 0.454 e. The first-order valence-corrected chi connectivity index (χ1v) is 20.1. The van der Waals surface area contributed by atoms with Crippen molar-refractivity contribution in [3.8, 4) is 44.8 Å². The van der Waals surface area contributed by atoms with E-state index in [0.29, 0.717) is 0 Å². The molecule has 0 saturated carbocycles. The molecule has 270 valence electrons. The van der Waals surface area contributed by atoms with Crippen LogP contribution in [0, 0.1) is 0 Å². The normalized spacial score (nSPS) is 13.5. The van der Waals surface area contributed by atoms with Crippen molar-refractivity contribution in [1.82, 2.24) is 9.13 Å². The minimum atomic E-state index is 0.912. The van der Waals surface area contributed by atoms with Gasteiger partial charge in [0.1, 0.15) is 5.58 Å². The Hall–Kier alpha value is -7.10. The van der Waals surface area contributed by atoms with Crippen molar-refractivity contribution in [2.75, 3.05) is 0 Å². The second-order valence-electron chi connectivity index (χ2n) is 15.5. The highest BCUT2D eigenvalue weighted by atomic mass is 16.3. The molecule has 0 N–H and O–H groups in total. The van der Waals surface area contributed by atoms with Crippen LogP contribution in [0.5, 0.6) is 0 Å². The first-order valence-electron chi connectivity index (χ1n) is 20.1. The third-order valence-corrected chi connectivity index (χ3v) is 12.3. The highest BCUT2D eigenvalue weighted by Gasteiger charge is 2.25. The van der Waals surface area contributed by atoms with Gasteiger partial charge in [-0.25, -0.2) is 0 Å². The van der Waals surface area contributed by atoms with Crippen LogP contribution in [-0.4, -0.2) is 9.13 Å². The van der Waals surface area contributed by atoms with Gasteiger partial charge in [0.05, 0.1) is 22.4 Å². The number of fused-ring (bicyclic) bond motifs is 9. The van der Waals surface area contributed by atoms with Crippen molar-refractivity contribution >= 4 is 55.9 Å². The zero-order valence-electron chi connectivity index (χ0n) is 31.5. The summed E-state index contributed by atoms with van der Waals surface area (Å²) < 4.78 is 11.8. The minimum Gasteiger partial charge on any atom is -0.454 e. The second-order valence-corrected chi connectivity index (χ2v) is 15.5. The Morgan fingerprint density at radius 2 is 1.16 bits per heavy atom. The number of hydrogen-bond donors (Lipinski definition) is 0. The summed E-state index contributed by atoms with van der Waals surface area (Å²) in [6.45, 7) is 0. The summed E-state index contributed by atoms with van der Waals surface area (Å²) in [6.07, 6.45) is 13.4. The van der Waals surface area contributed by atoms with E-state index in [1.54, 1.807) is 0 Å². The Bertz CT molecular complexity index is 3280. The summed E-state index contributed by atoms with van der Waals surface area (Å²) in [5.74, 6) is 0. The molecule has 3 heterocycles. The lowest BCUT2D eigenvalue weighted by Crippen LogP contribution is -2.03. The van der Waals surface area contributed by atoms with Gasteiger partial charge in [-0.15, -0.1) is 0 Å². The predicted octanol–water partition coefficient (Wildman–Crippen LogP) is 14.4. The first kappa shape index (κ1) is 32.2.